The molecule has 2 rings (SSSR count). The zero-order valence-corrected chi connectivity index (χ0v) is 10.1. The van der Waals surface area contributed by atoms with E-state index >= 15 is 0 Å². The molecule has 0 saturated heterocycles. The first kappa shape index (κ1) is 12.2. The second-order valence-corrected chi connectivity index (χ2v) is 3.98. The summed E-state index contributed by atoms with van der Waals surface area (Å²) >= 11 is 0. The molecule has 0 saturated carbocycles. The molecule has 0 bridgehead atoms. The summed E-state index contributed by atoms with van der Waals surface area (Å²) in [5, 5.41) is 8.81. The lowest BCUT2D eigenvalue weighted by Gasteiger charge is -2.08. The first-order chi connectivity index (χ1) is 8.65. The van der Waals surface area contributed by atoms with Crippen LogP contribution in [0.1, 0.15) is 17.1 Å². The van der Waals surface area contributed by atoms with Gasteiger partial charge in [-0.1, -0.05) is 18.2 Å². The van der Waals surface area contributed by atoms with E-state index in [-0.39, 0.29) is 6.42 Å². The number of aryl methyl sites for hydroxylation is 1. The standard InChI is InChI=1S/C14H14O4/c1-10-6-7-12(18-10)9-17-13-5-3-2-4-11(13)8-14(15)16/h2-7H,8-9H2,1H3,(H,15,16). The fourth-order valence-corrected chi connectivity index (χ4v) is 1.67. The third kappa shape index (κ3) is 3.13. The molecule has 0 spiro atoms. The van der Waals surface area contributed by atoms with Gasteiger partial charge in [0.1, 0.15) is 23.9 Å². The number of carboxylic acid groups (broad SMARTS) is 1. The first-order valence-electron chi connectivity index (χ1n) is 5.63. The second kappa shape index (κ2) is 5.40. The Labute approximate surface area is 105 Å². The van der Waals surface area contributed by atoms with Gasteiger partial charge in [0.05, 0.1) is 6.42 Å². The van der Waals surface area contributed by atoms with Crippen molar-refractivity contribution in [2.75, 3.05) is 0 Å². The van der Waals surface area contributed by atoms with Crippen LogP contribution in [0.5, 0.6) is 5.75 Å². The lowest BCUT2D eigenvalue weighted by Crippen LogP contribution is -2.03. The van der Waals surface area contributed by atoms with E-state index in [1.807, 2.05) is 25.1 Å². The summed E-state index contributed by atoms with van der Waals surface area (Å²) in [6, 6.07) is 10.8. The Kier molecular flexibility index (Phi) is 3.67. The molecule has 18 heavy (non-hydrogen) atoms. The van der Waals surface area contributed by atoms with Crippen LogP contribution in [0.3, 0.4) is 0 Å². The van der Waals surface area contributed by atoms with Gasteiger partial charge >= 0.3 is 5.97 Å². The molecular formula is C14H14O4. The summed E-state index contributed by atoms with van der Waals surface area (Å²) in [6.07, 6.45) is -0.0483. The maximum Gasteiger partial charge on any atom is 0.307 e. The number of carboxylic acids is 1. The quantitative estimate of drug-likeness (QED) is 0.881. The third-order valence-corrected chi connectivity index (χ3v) is 2.48. The molecule has 0 aliphatic heterocycles. The van der Waals surface area contributed by atoms with E-state index in [4.69, 9.17) is 14.3 Å². The van der Waals surface area contributed by atoms with E-state index in [9.17, 15) is 4.79 Å². The molecule has 0 amide bonds. The zero-order chi connectivity index (χ0) is 13.0. The SMILES string of the molecule is Cc1ccc(COc2ccccc2CC(=O)O)o1. The van der Waals surface area contributed by atoms with Crippen LogP contribution in [0.25, 0.3) is 0 Å². The van der Waals surface area contributed by atoms with Crippen molar-refractivity contribution in [3.8, 4) is 5.75 Å². The Morgan fingerprint density at radius 2 is 2.06 bits per heavy atom. The molecule has 1 aromatic heterocycles. The van der Waals surface area contributed by atoms with Crippen LogP contribution in [0.15, 0.2) is 40.8 Å². The summed E-state index contributed by atoms with van der Waals surface area (Å²) in [5.41, 5.74) is 0.660. The minimum Gasteiger partial charge on any atom is -0.485 e. The minimum atomic E-state index is -0.875. The largest absolute Gasteiger partial charge is 0.485 e. The fraction of sp³-hybridized carbons (Fsp3) is 0.214. The molecule has 4 nitrogen and oxygen atoms in total. The molecule has 0 fully saturated rings. The molecule has 2 aromatic rings. The van der Waals surface area contributed by atoms with Gasteiger partial charge in [-0.2, -0.15) is 0 Å². The highest BCUT2D eigenvalue weighted by atomic mass is 16.5. The van der Waals surface area contributed by atoms with Crippen molar-refractivity contribution in [1.82, 2.24) is 0 Å². The minimum absolute atomic E-state index is 0.0483. The van der Waals surface area contributed by atoms with Crippen molar-refractivity contribution in [2.45, 2.75) is 20.0 Å². The molecule has 1 N–H and O–H groups in total. The van der Waals surface area contributed by atoms with Gasteiger partial charge in [0.15, 0.2) is 0 Å². The topological polar surface area (TPSA) is 59.7 Å². The molecular weight excluding hydrogens is 232 g/mol. The highest BCUT2D eigenvalue weighted by molar-refractivity contribution is 5.71. The summed E-state index contributed by atoms with van der Waals surface area (Å²) in [4.78, 5) is 10.7. The smallest absolute Gasteiger partial charge is 0.307 e. The van der Waals surface area contributed by atoms with Crippen LogP contribution >= 0.6 is 0 Å². The summed E-state index contributed by atoms with van der Waals surface area (Å²) in [7, 11) is 0. The van der Waals surface area contributed by atoms with Crippen LogP contribution < -0.4 is 4.74 Å². The van der Waals surface area contributed by atoms with Crippen LogP contribution in [0, 0.1) is 6.92 Å². The molecule has 0 aliphatic carbocycles. The molecule has 0 unspecified atom stereocenters. The highest BCUT2D eigenvalue weighted by Gasteiger charge is 2.08. The molecule has 94 valence electrons. The summed E-state index contributed by atoms with van der Waals surface area (Å²) in [6.45, 7) is 2.16. The highest BCUT2D eigenvalue weighted by Crippen LogP contribution is 2.20. The normalized spacial score (nSPS) is 10.3. The first-order valence-corrected chi connectivity index (χ1v) is 5.63. The van der Waals surface area contributed by atoms with Gasteiger partial charge in [0, 0.05) is 5.56 Å². The van der Waals surface area contributed by atoms with Crippen molar-refractivity contribution >= 4 is 5.97 Å². The molecule has 0 atom stereocenters. The summed E-state index contributed by atoms with van der Waals surface area (Å²) in [5.74, 6) is 1.25. The number of aliphatic carboxylic acids is 1. The third-order valence-electron chi connectivity index (χ3n) is 2.48. The summed E-state index contributed by atoms with van der Waals surface area (Å²) < 4.78 is 11.0. The Morgan fingerprint density at radius 3 is 2.72 bits per heavy atom. The number of hydrogen-bond donors (Lipinski definition) is 1. The van der Waals surface area contributed by atoms with Gasteiger partial charge in [-0.3, -0.25) is 4.79 Å². The Hall–Kier alpha value is -2.23. The number of ether oxygens (including phenoxy) is 1. The fourth-order valence-electron chi connectivity index (χ4n) is 1.67. The zero-order valence-electron chi connectivity index (χ0n) is 10.1. The number of benzene rings is 1. The maximum absolute atomic E-state index is 10.7. The Bertz CT molecular complexity index is 542. The van der Waals surface area contributed by atoms with Crippen molar-refractivity contribution in [3.05, 3.63) is 53.5 Å². The number of furan rings is 1. The van der Waals surface area contributed by atoms with Crippen LogP contribution in [-0.4, -0.2) is 11.1 Å². The van der Waals surface area contributed by atoms with Crippen molar-refractivity contribution < 1.29 is 19.1 Å². The molecule has 1 aromatic carbocycles. The van der Waals surface area contributed by atoms with Crippen molar-refractivity contribution in [1.29, 1.82) is 0 Å². The van der Waals surface area contributed by atoms with E-state index in [2.05, 4.69) is 0 Å². The number of rotatable bonds is 5. The molecule has 0 aliphatic rings. The predicted octanol–water partition coefficient (Wildman–Crippen LogP) is 2.79. The molecule has 0 radical (unpaired) electrons. The number of hydrogen-bond acceptors (Lipinski definition) is 3. The van der Waals surface area contributed by atoms with Crippen molar-refractivity contribution in [3.63, 3.8) is 0 Å². The lowest BCUT2D eigenvalue weighted by atomic mass is 10.1. The van der Waals surface area contributed by atoms with Crippen LogP contribution in [0.4, 0.5) is 0 Å². The Balaban J connectivity index is 2.06. The van der Waals surface area contributed by atoms with Gasteiger partial charge < -0.3 is 14.3 Å². The van der Waals surface area contributed by atoms with Crippen molar-refractivity contribution in [2.24, 2.45) is 0 Å². The molecule has 4 heteroatoms. The predicted molar refractivity (Wildman–Crippen MR) is 65.6 cm³/mol. The Morgan fingerprint density at radius 1 is 1.28 bits per heavy atom. The van der Waals surface area contributed by atoms with Gasteiger partial charge in [0.2, 0.25) is 0 Å². The lowest BCUT2D eigenvalue weighted by molar-refractivity contribution is -0.136. The van der Waals surface area contributed by atoms with Gasteiger partial charge in [-0.25, -0.2) is 0 Å². The maximum atomic E-state index is 10.7. The van der Waals surface area contributed by atoms with E-state index < -0.39 is 5.97 Å². The van der Waals surface area contributed by atoms with Crippen LogP contribution in [0.2, 0.25) is 0 Å². The average molecular weight is 246 g/mol. The van der Waals surface area contributed by atoms with E-state index in [0.29, 0.717) is 17.9 Å². The van der Waals surface area contributed by atoms with E-state index in [0.717, 1.165) is 11.5 Å². The van der Waals surface area contributed by atoms with Gasteiger partial charge in [-0.05, 0) is 25.1 Å². The average Bonchev–Trinajstić information content (AvgIpc) is 2.73. The monoisotopic (exact) mass is 246 g/mol. The van der Waals surface area contributed by atoms with Crippen LogP contribution in [-0.2, 0) is 17.8 Å². The van der Waals surface area contributed by atoms with Gasteiger partial charge in [-0.15, -0.1) is 0 Å². The molecule has 1 heterocycles. The number of carbonyl (C=O) groups is 1. The van der Waals surface area contributed by atoms with E-state index in [1.165, 1.54) is 0 Å². The second-order valence-electron chi connectivity index (χ2n) is 3.98. The number of para-hydroxylation sites is 1. The van der Waals surface area contributed by atoms with Gasteiger partial charge in [0.25, 0.3) is 0 Å². The van der Waals surface area contributed by atoms with E-state index in [1.54, 1.807) is 18.2 Å².